The Bertz CT molecular complexity index is 308. The molecule has 1 aromatic rings. The van der Waals surface area contributed by atoms with Crippen LogP contribution < -0.4 is 4.90 Å². The lowest BCUT2D eigenvalue weighted by Crippen LogP contribution is -2.25. The molecular weight excluding hydrogens is 186 g/mol. The van der Waals surface area contributed by atoms with Gasteiger partial charge in [0.1, 0.15) is 5.82 Å². The molecule has 0 aromatic carbocycles. The summed E-state index contributed by atoms with van der Waals surface area (Å²) in [4.78, 5) is 10.8. The van der Waals surface area contributed by atoms with Crippen LogP contribution in [0, 0.1) is 5.41 Å². The molecule has 0 unspecified atom stereocenters. The average molecular weight is 205 g/mol. The van der Waals surface area contributed by atoms with Gasteiger partial charge in [0.2, 0.25) is 0 Å². The summed E-state index contributed by atoms with van der Waals surface area (Å²) in [7, 11) is 0. The average Bonchev–Trinajstić information content (AvgIpc) is 2.41. The van der Waals surface area contributed by atoms with Crippen molar-refractivity contribution in [3.63, 3.8) is 0 Å². The molecule has 3 nitrogen and oxygen atoms in total. The van der Waals surface area contributed by atoms with Crippen LogP contribution in [0.25, 0.3) is 0 Å². The van der Waals surface area contributed by atoms with Gasteiger partial charge in [-0.3, -0.25) is 4.98 Å². The van der Waals surface area contributed by atoms with Gasteiger partial charge >= 0.3 is 0 Å². The first-order valence-electron chi connectivity index (χ1n) is 5.68. The highest BCUT2D eigenvalue weighted by molar-refractivity contribution is 5.35. The van der Waals surface area contributed by atoms with Crippen molar-refractivity contribution in [2.24, 2.45) is 5.41 Å². The maximum Gasteiger partial charge on any atom is 0.147 e. The van der Waals surface area contributed by atoms with E-state index in [-0.39, 0.29) is 0 Å². The van der Waals surface area contributed by atoms with E-state index < -0.39 is 0 Å². The SMILES string of the molecule is CC1(C)CCCN(c2cnccn2)CC1. The fraction of sp³-hybridized carbons (Fsp3) is 0.667. The number of rotatable bonds is 1. The van der Waals surface area contributed by atoms with E-state index >= 15 is 0 Å². The van der Waals surface area contributed by atoms with Gasteiger partial charge in [0.15, 0.2) is 0 Å². The van der Waals surface area contributed by atoms with E-state index in [9.17, 15) is 0 Å². The lowest BCUT2D eigenvalue weighted by molar-refractivity contribution is 0.325. The quantitative estimate of drug-likeness (QED) is 0.705. The Morgan fingerprint density at radius 2 is 2.07 bits per heavy atom. The van der Waals surface area contributed by atoms with Gasteiger partial charge in [0, 0.05) is 25.5 Å². The zero-order valence-corrected chi connectivity index (χ0v) is 9.61. The molecule has 15 heavy (non-hydrogen) atoms. The second-order valence-corrected chi connectivity index (χ2v) is 5.07. The third kappa shape index (κ3) is 2.67. The molecule has 0 aliphatic carbocycles. The highest BCUT2D eigenvalue weighted by Gasteiger charge is 2.23. The van der Waals surface area contributed by atoms with Crippen LogP contribution in [0.1, 0.15) is 33.1 Å². The highest BCUT2D eigenvalue weighted by atomic mass is 15.2. The van der Waals surface area contributed by atoms with Crippen LogP contribution in [0.5, 0.6) is 0 Å². The first kappa shape index (κ1) is 10.4. The number of nitrogens with zero attached hydrogens (tertiary/aromatic N) is 3. The van der Waals surface area contributed by atoms with Crippen molar-refractivity contribution in [3.05, 3.63) is 18.6 Å². The maximum absolute atomic E-state index is 4.36. The Hall–Kier alpha value is -1.12. The summed E-state index contributed by atoms with van der Waals surface area (Å²) in [5, 5.41) is 0. The van der Waals surface area contributed by atoms with Crippen LogP contribution in [-0.4, -0.2) is 23.1 Å². The zero-order valence-electron chi connectivity index (χ0n) is 9.61. The van der Waals surface area contributed by atoms with Gasteiger partial charge in [-0.25, -0.2) is 4.98 Å². The van der Waals surface area contributed by atoms with Crippen LogP contribution in [0.4, 0.5) is 5.82 Å². The van der Waals surface area contributed by atoms with Gasteiger partial charge in [-0.1, -0.05) is 13.8 Å². The summed E-state index contributed by atoms with van der Waals surface area (Å²) in [6, 6.07) is 0. The molecule has 0 radical (unpaired) electrons. The summed E-state index contributed by atoms with van der Waals surface area (Å²) >= 11 is 0. The van der Waals surface area contributed by atoms with Gasteiger partial charge in [-0.2, -0.15) is 0 Å². The topological polar surface area (TPSA) is 29.0 Å². The van der Waals surface area contributed by atoms with E-state index in [1.54, 1.807) is 12.4 Å². The highest BCUT2D eigenvalue weighted by Crippen LogP contribution is 2.30. The van der Waals surface area contributed by atoms with Gasteiger partial charge in [-0.15, -0.1) is 0 Å². The predicted octanol–water partition coefficient (Wildman–Crippen LogP) is 2.49. The summed E-state index contributed by atoms with van der Waals surface area (Å²) in [5.41, 5.74) is 0.483. The molecule has 0 spiro atoms. The molecule has 1 saturated heterocycles. The minimum atomic E-state index is 0.483. The lowest BCUT2D eigenvalue weighted by Gasteiger charge is -2.23. The summed E-state index contributed by atoms with van der Waals surface area (Å²) in [5.74, 6) is 1.02. The van der Waals surface area contributed by atoms with Crippen LogP contribution >= 0.6 is 0 Å². The van der Waals surface area contributed by atoms with Gasteiger partial charge in [0.25, 0.3) is 0 Å². The second kappa shape index (κ2) is 4.17. The van der Waals surface area contributed by atoms with Crippen molar-refractivity contribution in [3.8, 4) is 0 Å². The number of anilines is 1. The third-order valence-corrected chi connectivity index (χ3v) is 3.21. The standard InChI is InChI=1S/C12H19N3/c1-12(2)4-3-8-15(9-5-12)11-10-13-6-7-14-11/h6-7,10H,3-5,8-9H2,1-2H3. The second-order valence-electron chi connectivity index (χ2n) is 5.07. The normalized spacial score (nSPS) is 21.1. The fourth-order valence-corrected chi connectivity index (χ4v) is 2.11. The van der Waals surface area contributed by atoms with E-state index in [4.69, 9.17) is 0 Å². The molecule has 2 rings (SSSR count). The first-order valence-corrected chi connectivity index (χ1v) is 5.68. The Kier molecular flexibility index (Phi) is 2.89. The van der Waals surface area contributed by atoms with E-state index in [1.165, 1.54) is 19.3 Å². The Morgan fingerprint density at radius 3 is 2.80 bits per heavy atom. The minimum Gasteiger partial charge on any atom is -0.355 e. The van der Waals surface area contributed by atoms with E-state index in [0.717, 1.165) is 18.9 Å². The van der Waals surface area contributed by atoms with Crippen molar-refractivity contribution in [1.82, 2.24) is 9.97 Å². The minimum absolute atomic E-state index is 0.483. The van der Waals surface area contributed by atoms with Crippen LogP contribution in [-0.2, 0) is 0 Å². The Morgan fingerprint density at radius 1 is 1.20 bits per heavy atom. The summed E-state index contributed by atoms with van der Waals surface area (Å²) < 4.78 is 0. The van der Waals surface area contributed by atoms with Gasteiger partial charge in [0.05, 0.1) is 6.20 Å². The van der Waals surface area contributed by atoms with Crippen molar-refractivity contribution in [2.45, 2.75) is 33.1 Å². The first-order chi connectivity index (χ1) is 7.17. The monoisotopic (exact) mass is 205 g/mol. The van der Waals surface area contributed by atoms with Crippen molar-refractivity contribution in [1.29, 1.82) is 0 Å². The van der Waals surface area contributed by atoms with Crippen molar-refractivity contribution < 1.29 is 0 Å². The van der Waals surface area contributed by atoms with Crippen molar-refractivity contribution in [2.75, 3.05) is 18.0 Å². The largest absolute Gasteiger partial charge is 0.355 e. The van der Waals surface area contributed by atoms with Crippen molar-refractivity contribution >= 4 is 5.82 Å². The van der Waals surface area contributed by atoms with E-state index in [2.05, 4.69) is 28.7 Å². The lowest BCUT2D eigenvalue weighted by atomic mass is 9.85. The maximum atomic E-state index is 4.36. The molecule has 1 aliphatic heterocycles. The molecule has 1 fully saturated rings. The molecular formula is C12H19N3. The molecule has 82 valence electrons. The molecule has 3 heteroatoms. The molecule has 0 bridgehead atoms. The van der Waals surface area contributed by atoms with Crippen LogP contribution in [0.15, 0.2) is 18.6 Å². The van der Waals surface area contributed by atoms with Gasteiger partial charge in [-0.05, 0) is 24.7 Å². The third-order valence-electron chi connectivity index (χ3n) is 3.21. The molecule has 0 amide bonds. The predicted molar refractivity (Wildman–Crippen MR) is 61.9 cm³/mol. The number of hydrogen-bond acceptors (Lipinski definition) is 3. The number of hydrogen-bond donors (Lipinski definition) is 0. The molecule has 0 N–H and O–H groups in total. The van der Waals surface area contributed by atoms with E-state index in [0.29, 0.717) is 5.41 Å². The number of aromatic nitrogens is 2. The molecule has 2 heterocycles. The molecule has 0 saturated carbocycles. The Balaban J connectivity index is 2.06. The van der Waals surface area contributed by atoms with E-state index in [1.807, 2.05) is 6.20 Å². The Labute approximate surface area is 91.5 Å². The molecule has 1 aromatic heterocycles. The van der Waals surface area contributed by atoms with Gasteiger partial charge < -0.3 is 4.90 Å². The zero-order chi connectivity index (χ0) is 10.7. The fourth-order valence-electron chi connectivity index (χ4n) is 2.11. The summed E-state index contributed by atoms with van der Waals surface area (Å²) in [6.45, 7) is 6.92. The van der Waals surface area contributed by atoms with Crippen LogP contribution in [0.3, 0.4) is 0 Å². The molecule has 0 atom stereocenters. The smallest absolute Gasteiger partial charge is 0.147 e. The van der Waals surface area contributed by atoms with Crippen LogP contribution in [0.2, 0.25) is 0 Å². The summed E-state index contributed by atoms with van der Waals surface area (Å²) in [6.07, 6.45) is 9.16. The molecule has 1 aliphatic rings.